The van der Waals surface area contributed by atoms with Gasteiger partial charge in [-0.15, -0.1) is 0 Å². The van der Waals surface area contributed by atoms with Crippen molar-refractivity contribution in [3.8, 4) is 0 Å². The lowest BCUT2D eigenvalue weighted by molar-refractivity contribution is 0.128. The zero-order chi connectivity index (χ0) is 19.3. The molecular weight excluding hydrogens is 335 g/mol. The van der Waals surface area contributed by atoms with Crippen LogP contribution in [0.2, 0.25) is 0 Å². The van der Waals surface area contributed by atoms with Gasteiger partial charge in [-0.05, 0) is 45.1 Å². The van der Waals surface area contributed by atoms with E-state index in [2.05, 4.69) is 24.1 Å². The number of carbonyl (C=O) groups excluding carboxylic acids is 1. The van der Waals surface area contributed by atoms with Crippen LogP contribution < -0.4 is 5.32 Å². The van der Waals surface area contributed by atoms with Crippen LogP contribution >= 0.6 is 0 Å². The number of nitrogens with one attached hydrogen (secondary N) is 1. The molecule has 2 heterocycles. The Morgan fingerprint density at radius 3 is 2.65 bits per heavy atom. The molecule has 0 aliphatic carbocycles. The zero-order valence-electron chi connectivity index (χ0n) is 16.2. The number of piperidine rings is 1. The summed E-state index contributed by atoms with van der Waals surface area (Å²) in [5, 5.41) is 13.6. The molecule has 0 saturated carbocycles. The summed E-state index contributed by atoms with van der Waals surface area (Å²) in [6.45, 7) is 6.14. The molecule has 1 atom stereocenters. The number of halogens is 1. The Bertz CT molecular complexity index is 601. The molecule has 0 radical (unpaired) electrons. The van der Waals surface area contributed by atoms with Gasteiger partial charge in [-0.25, -0.2) is 9.18 Å². The molecule has 26 heavy (non-hydrogen) atoms. The lowest BCUT2D eigenvalue weighted by Crippen LogP contribution is -2.47. The number of aliphatic hydroxyl groups excluding tert-OH is 1. The van der Waals surface area contributed by atoms with Crippen LogP contribution in [0.4, 0.5) is 9.18 Å². The van der Waals surface area contributed by atoms with Crippen molar-refractivity contribution in [3.05, 3.63) is 29.8 Å². The number of urea groups is 1. The summed E-state index contributed by atoms with van der Waals surface area (Å²) in [7, 11) is 3.56. The van der Waals surface area contributed by atoms with Crippen molar-refractivity contribution in [3.63, 3.8) is 0 Å². The Kier molecular flexibility index (Phi) is 6.94. The van der Waals surface area contributed by atoms with Crippen LogP contribution in [0.1, 0.15) is 44.8 Å². The van der Waals surface area contributed by atoms with Gasteiger partial charge in [0.2, 0.25) is 0 Å². The molecule has 1 saturated heterocycles. The zero-order valence-corrected chi connectivity index (χ0v) is 16.2. The summed E-state index contributed by atoms with van der Waals surface area (Å²) in [6, 6.07) is 1.39. The summed E-state index contributed by atoms with van der Waals surface area (Å²) in [6.07, 6.45) is 4.76. The van der Waals surface area contributed by atoms with Crippen molar-refractivity contribution in [2.45, 2.75) is 44.8 Å². The van der Waals surface area contributed by atoms with Gasteiger partial charge in [-0.3, -0.25) is 4.98 Å². The van der Waals surface area contributed by atoms with Gasteiger partial charge in [-0.1, -0.05) is 0 Å². The highest BCUT2D eigenvalue weighted by Crippen LogP contribution is 2.27. The summed E-state index contributed by atoms with van der Waals surface area (Å²) in [5.41, 5.74) is 0.323. The van der Waals surface area contributed by atoms with E-state index >= 15 is 0 Å². The Hall–Kier alpha value is -1.73. The lowest BCUT2D eigenvalue weighted by Gasteiger charge is -2.37. The van der Waals surface area contributed by atoms with Crippen LogP contribution in [0.25, 0.3) is 0 Å². The van der Waals surface area contributed by atoms with Gasteiger partial charge >= 0.3 is 6.03 Å². The molecule has 1 aliphatic rings. The topological polar surface area (TPSA) is 68.7 Å². The van der Waals surface area contributed by atoms with Crippen molar-refractivity contribution < 1.29 is 14.3 Å². The van der Waals surface area contributed by atoms with Gasteiger partial charge in [0, 0.05) is 51.0 Å². The maximum Gasteiger partial charge on any atom is 0.319 e. The van der Waals surface area contributed by atoms with E-state index in [4.69, 9.17) is 0 Å². The molecule has 1 aromatic rings. The Morgan fingerprint density at radius 1 is 1.42 bits per heavy atom. The minimum Gasteiger partial charge on any atom is -0.387 e. The van der Waals surface area contributed by atoms with Crippen LogP contribution in [0.15, 0.2) is 18.5 Å². The third-order valence-electron chi connectivity index (χ3n) is 4.95. The average Bonchev–Trinajstić information content (AvgIpc) is 2.59. The van der Waals surface area contributed by atoms with E-state index in [0.29, 0.717) is 18.0 Å². The van der Waals surface area contributed by atoms with Crippen LogP contribution in [0.5, 0.6) is 0 Å². The van der Waals surface area contributed by atoms with Gasteiger partial charge in [0.05, 0.1) is 12.3 Å². The summed E-state index contributed by atoms with van der Waals surface area (Å²) >= 11 is 0. The first-order valence-electron chi connectivity index (χ1n) is 9.18. The number of pyridine rings is 1. The third kappa shape index (κ3) is 5.92. The number of carbonyl (C=O) groups is 1. The van der Waals surface area contributed by atoms with E-state index in [1.807, 2.05) is 4.90 Å². The van der Waals surface area contributed by atoms with Gasteiger partial charge in [0.15, 0.2) is 0 Å². The normalized spacial score (nSPS) is 17.2. The molecule has 0 aromatic carbocycles. The SMILES string of the molecule is CN(C)C(=O)N1CCC(CC(C)(C)NC[C@H](O)c2cncc(F)c2)CC1. The molecule has 0 unspecified atom stereocenters. The van der Waals surface area contributed by atoms with Crippen molar-refractivity contribution in [2.24, 2.45) is 5.92 Å². The molecule has 1 fully saturated rings. The third-order valence-corrected chi connectivity index (χ3v) is 4.95. The highest BCUT2D eigenvalue weighted by molar-refractivity contribution is 5.73. The fourth-order valence-corrected chi connectivity index (χ4v) is 3.51. The fraction of sp³-hybridized carbons (Fsp3) is 0.684. The largest absolute Gasteiger partial charge is 0.387 e. The lowest BCUT2D eigenvalue weighted by atomic mass is 9.84. The second-order valence-corrected chi connectivity index (χ2v) is 8.03. The monoisotopic (exact) mass is 366 g/mol. The van der Waals surface area contributed by atoms with Gasteiger partial charge in [-0.2, -0.15) is 0 Å². The Balaban J connectivity index is 1.79. The van der Waals surface area contributed by atoms with E-state index in [1.54, 1.807) is 19.0 Å². The summed E-state index contributed by atoms with van der Waals surface area (Å²) in [4.78, 5) is 19.3. The fourth-order valence-electron chi connectivity index (χ4n) is 3.51. The highest BCUT2D eigenvalue weighted by Gasteiger charge is 2.29. The van der Waals surface area contributed by atoms with Crippen LogP contribution in [-0.2, 0) is 0 Å². The van der Waals surface area contributed by atoms with Crippen LogP contribution in [-0.4, -0.2) is 65.2 Å². The first-order valence-corrected chi connectivity index (χ1v) is 9.18. The van der Waals surface area contributed by atoms with Crippen molar-refractivity contribution in [1.82, 2.24) is 20.1 Å². The second kappa shape index (κ2) is 8.77. The molecule has 0 bridgehead atoms. The van der Waals surface area contributed by atoms with Crippen LogP contribution in [0.3, 0.4) is 0 Å². The Morgan fingerprint density at radius 2 is 2.08 bits per heavy atom. The van der Waals surface area contributed by atoms with Crippen molar-refractivity contribution >= 4 is 6.03 Å². The number of likely N-dealkylation sites (tertiary alicyclic amines) is 1. The van der Waals surface area contributed by atoms with E-state index in [0.717, 1.165) is 38.5 Å². The maximum atomic E-state index is 13.2. The quantitative estimate of drug-likeness (QED) is 0.811. The van der Waals surface area contributed by atoms with Crippen LogP contribution in [0, 0.1) is 11.7 Å². The molecule has 0 spiro atoms. The minimum atomic E-state index is -0.794. The van der Waals surface area contributed by atoms with Gasteiger partial charge < -0.3 is 20.2 Å². The Labute approximate surface area is 155 Å². The average molecular weight is 366 g/mol. The van der Waals surface area contributed by atoms with E-state index < -0.39 is 11.9 Å². The first kappa shape index (κ1) is 20.6. The molecule has 7 heteroatoms. The number of hydrogen-bond donors (Lipinski definition) is 2. The maximum absolute atomic E-state index is 13.2. The summed E-state index contributed by atoms with van der Waals surface area (Å²) < 4.78 is 13.2. The molecule has 2 N–H and O–H groups in total. The van der Waals surface area contributed by atoms with Crippen molar-refractivity contribution in [1.29, 1.82) is 0 Å². The minimum absolute atomic E-state index is 0.0765. The molecule has 2 rings (SSSR count). The molecule has 2 amide bonds. The van der Waals surface area contributed by atoms with E-state index in [1.165, 1.54) is 12.3 Å². The highest BCUT2D eigenvalue weighted by atomic mass is 19.1. The predicted molar refractivity (Wildman–Crippen MR) is 99.2 cm³/mol. The van der Waals surface area contributed by atoms with E-state index in [9.17, 15) is 14.3 Å². The van der Waals surface area contributed by atoms with Gasteiger partial charge in [0.25, 0.3) is 0 Å². The molecule has 146 valence electrons. The van der Waals surface area contributed by atoms with Gasteiger partial charge in [0.1, 0.15) is 5.82 Å². The number of aliphatic hydroxyl groups is 1. The number of hydrogen-bond acceptors (Lipinski definition) is 4. The number of β-amino-alcohol motifs (C(OH)–C–C–N with tert-alkyl or cyclic N) is 1. The molecule has 1 aliphatic heterocycles. The molecule has 6 nitrogen and oxygen atoms in total. The number of rotatable bonds is 6. The standard InChI is InChI=1S/C19H31FN4O2/c1-19(2,22-13-17(25)15-9-16(20)12-21-11-15)10-14-5-7-24(8-6-14)18(26)23(3)4/h9,11-12,14,17,22,25H,5-8,10,13H2,1-4H3/t17-/m0/s1. The smallest absolute Gasteiger partial charge is 0.319 e. The molecular formula is C19H31FN4O2. The van der Waals surface area contributed by atoms with Crippen molar-refractivity contribution in [2.75, 3.05) is 33.7 Å². The number of aromatic nitrogens is 1. The molecule has 1 aromatic heterocycles. The predicted octanol–water partition coefficient (Wildman–Crippen LogP) is 2.41. The summed E-state index contributed by atoms with van der Waals surface area (Å²) in [5.74, 6) is 0.0940. The number of amides is 2. The number of nitrogens with zero attached hydrogens (tertiary/aromatic N) is 3. The second-order valence-electron chi connectivity index (χ2n) is 8.03. The van der Waals surface area contributed by atoms with E-state index in [-0.39, 0.29) is 11.6 Å². The first-order chi connectivity index (χ1) is 12.2.